The first-order valence-corrected chi connectivity index (χ1v) is 8.81. The van der Waals surface area contributed by atoms with Crippen LogP contribution in [0, 0.1) is 6.57 Å². The zero-order valence-electron chi connectivity index (χ0n) is 14.5. The van der Waals surface area contributed by atoms with Crippen LogP contribution >= 0.6 is 0 Å². The first kappa shape index (κ1) is 17.1. The van der Waals surface area contributed by atoms with Crippen LogP contribution < -0.4 is 0 Å². The molecule has 2 atom stereocenters. The summed E-state index contributed by atoms with van der Waals surface area (Å²) in [5.74, 6) is -1.18. The first-order chi connectivity index (χ1) is 13.1. The quantitative estimate of drug-likeness (QED) is 0.850. The summed E-state index contributed by atoms with van der Waals surface area (Å²) < 4.78 is 5.52. The summed E-state index contributed by atoms with van der Waals surface area (Å²) in [7, 11) is 0. The van der Waals surface area contributed by atoms with Gasteiger partial charge in [0.2, 0.25) is 6.04 Å². The van der Waals surface area contributed by atoms with E-state index in [2.05, 4.69) is 17.0 Å². The Balaban J connectivity index is 1.53. The van der Waals surface area contributed by atoms with Crippen LogP contribution in [-0.4, -0.2) is 47.3 Å². The van der Waals surface area contributed by atoms with Gasteiger partial charge in [-0.15, -0.1) is 0 Å². The maximum atomic E-state index is 12.5. The number of carboxylic acid groups (broad SMARTS) is 1. The maximum Gasteiger partial charge on any atom is 0.410 e. The lowest BCUT2D eigenvalue weighted by atomic mass is 9.98. The number of carbonyl (C=O) groups excluding carboxylic acids is 1. The third kappa shape index (κ3) is 2.91. The highest BCUT2D eigenvalue weighted by atomic mass is 16.6. The number of aliphatic carboxylic acids is 1. The van der Waals surface area contributed by atoms with Gasteiger partial charge in [0.05, 0.1) is 6.42 Å². The molecule has 2 aliphatic rings. The highest BCUT2D eigenvalue weighted by molar-refractivity contribution is 5.82. The van der Waals surface area contributed by atoms with E-state index in [0.29, 0.717) is 0 Å². The lowest BCUT2D eigenvalue weighted by Crippen LogP contribution is -2.41. The van der Waals surface area contributed by atoms with Gasteiger partial charge in [-0.25, -0.2) is 16.2 Å². The molecule has 0 bridgehead atoms. The molecule has 1 aliphatic heterocycles. The molecule has 2 aromatic rings. The van der Waals surface area contributed by atoms with E-state index in [0.717, 1.165) is 27.2 Å². The van der Waals surface area contributed by atoms with E-state index in [1.165, 1.54) is 0 Å². The highest BCUT2D eigenvalue weighted by Gasteiger charge is 2.44. The second-order valence-corrected chi connectivity index (χ2v) is 6.83. The zero-order valence-corrected chi connectivity index (χ0v) is 14.5. The Labute approximate surface area is 156 Å². The summed E-state index contributed by atoms with van der Waals surface area (Å²) in [4.78, 5) is 28.5. The number of rotatable bonds is 3. The van der Waals surface area contributed by atoms with Crippen molar-refractivity contribution in [1.82, 2.24) is 4.90 Å². The van der Waals surface area contributed by atoms with Gasteiger partial charge in [-0.3, -0.25) is 4.90 Å². The van der Waals surface area contributed by atoms with E-state index >= 15 is 0 Å². The van der Waals surface area contributed by atoms with E-state index in [1.807, 2.05) is 36.4 Å². The Hall–Kier alpha value is -3.33. The minimum Gasteiger partial charge on any atom is -0.480 e. The van der Waals surface area contributed by atoms with Gasteiger partial charge in [-0.05, 0) is 22.3 Å². The minimum absolute atomic E-state index is 0.0797. The summed E-state index contributed by atoms with van der Waals surface area (Å²) in [6, 6.07) is 14.5. The molecule has 0 radical (unpaired) electrons. The topological polar surface area (TPSA) is 71.2 Å². The summed E-state index contributed by atoms with van der Waals surface area (Å²) in [5, 5.41) is 9.33. The van der Waals surface area contributed by atoms with Gasteiger partial charge in [-0.1, -0.05) is 48.5 Å². The normalized spacial score (nSPS) is 20.6. The Kier molecular flexibility index (Phi) is 4.28. The SMILES string of the molecule is [C-]#[N+][C@@H]1C[C@@H](C(=O)O)N(C(=O)OCC2c3ccccc3-c3ccccc32)C1. The number of hydrogen-bond acceptors (Lipinski definition) is 3. The van der Waals surface area contributed by atoms with Crippen molar-refractivity contribution in [3.05, 3.63) is 71.1 Å². The lowest BCUT2D eigenvalue weighted by Gasteiger charge is -2.21. The molecule has 1 amide bonds. The van der Waals surface area contributed by atoms with Gasteiger partial charge < -0.3 is 14.7 Å². The van der Waals surface area contributed by atoms with Crippen LogP contribution in [0.1, 0.15) is 23.5 Å². The van der Waals surface area contributed by atoms with E-state index in [4.69, 9.17) is 11.3 Å². The summed E-state index contributed by atoms with van der Waals surface area (Å²) >= 11 is 0. The summed E-state index contributed by atoms with van der Waals surface area (Å²) in [5.41, 5.74) is 4.46. The van der Waals surface area contributed by atoms with Crippen molar-refractivity contribution in [3.63, 3.8) is 0 Å². The molecule has 4 rings (SSSR count). The number of hydrogen-bond donors (Lipinski definition) is 1. The average Bonchev–Trinajstić information content (AvgIpc) is 3.26. The van der Waals surface area contributed by atoms with Crippen molar-refractivity contribution in [2.75, 3.05) is 13.2 Å². The molecular weight excluding hydrogens is 344 g/mol. The van der Waals surface area contributed by atoms with E-state index in [9.17, 15) is 14.7 Å². The minimum atomic E-state index is -1.10. The van der Waals surface area contributed by atoms with Gasteiger partial charge in [0, 0.05) is 5.92 Å². The van der Waals surface area contributed by atoms with E-state index < -0.39 is 24.1 Å². The van der Waals surface area contributed by atoms with Crippen molar-refractivity contribution in [2.45, 2.75) is 24.4 Å². The third-order valence-corrected chi connectivity index (χ3v) is 5.32. The molecule has 2 aromatic carbocycles. The largest absolute Gasteiger partial charge is 0.480 e. The van der Waals surface area contributed by atoms with Crippen molar-refractivity contribution < 1.29 is 19.4 Å². The Morgan fingerprint density at radius 2 is 1.70 bits per heavy atom. The fraction of sp³-hybridized carbons (Fsp3) is 0.286. The first-order valence-electron chi connectivity index (χ1n) is 8.81. The second-order valence-electron chi connectivity index (χ2n) is 6.83. The number of benzene rings is 2. The molecule has 0 spiro atoms. The second kappa shape index (κ2) is 6.76. The number of carboxylic acids is 1. The Morgan fingerprint density at radius 3 is 2.26 bits per heavy atom. The number of carbonyl (C=O) groups is 2. The fourth-order valence-corrected chi connectivity index (χ4v) is 4.02. The molecule has 6 heteroatoms. The number of ether oxygens (including phenoxy) is 1. The predicted molar refractivity (Wildman–Crippen MR) is 98.2 cm³/mol. The zero-order chi connectivity index (χ0) is 19.0. The van der Waals surface area contributed by atoms with Crippen LogP contribution in [0.2, 0.25) is 0 Å². The fourth-order valence-electron chi connectivity index (χ4n) is 4.02. The van der Waals surface area contributed by atoms with Gasteiger partial charge >= 0.3 is 12.1 Å². The Morgan fingerprint density at radius 1 is 1.11 bits per heavy atom. The monoisotopic (exact) mass is 362 g/mol. The summed E-state index contributed by atoms with van der Waals surface area (Å²) in [6.45, 7) is 7.35. The van der Waals surface area contributed by atoms with Gasteiger partial charge in [0.25, 0.3) is 0 Å². The smallest absolute Gasteiger partial charge is 0.410 e. The molecule has 1 saturated heterocycles. The van der Waals surface area contributed by atoms with Crippen LogP contribution in [-0.2, 0) is 9.53 Å². The number of amides is 1. The van der Waals surface area contributed by atoms with Crippen molar-refractivity contribution in [3.8, 4) is 11.1 Å². The molecule has 0 saturated carbocycles. The molecule has 1 aliphatic carbocycles. The number of likely N-dealkylation sites (tertiary alicyclic amines) is 1. The average molecular weight is 362 g/mol. The molecule has 1 heterocycles. The highest BCUT2D eigenvalue weighted by Crippen LogP contribution is 2.44. The van der Waals surface area contributed by atoms with Gasteiger partial charge in [-0.2, -0.15) is 0 Å². The van der Waals surface area contributed by atoms with Crippen molar-refractivity contribution in [2.24, 2.45) is 0 Å². The predicted octanol–water partition coefficient (Wildman–Crippen LogP) is 3.38. The van der Waals surface area contributed by atoms with Crippen molar-refractivity contribution in [1.29, 1.82) is 0 Å². The van der Waals surface area contributed by atoms with E-state index in [1.54, 1.807) is 0 Å². The van der Waals surface area contributed by atoms with Crippen LogP contribution in [0.4, 0.5) is 4.79 Å². The Bertz CT molecular complexity index is 904. The molecule has 1 fully saturated rings. The van der Waals surface area contributed by atoms with Crippen LogP contribution in [0.5, 0.6) is 0 Å². The van der Waals surface area contributed by atoms with Crippen molar-refractivity contribution >= 4 is 12.1 Å². The number of nitrogens with zero attached hydrogens (tertiary/aromatic N) is 2. The van der Waals surface area contributed by atoms with Crippen LogP contribution in [0.15, 0.2) is 48.5 Å². The summed E-state index contributed by atoms with van der Waals surface area (Å²) in [6.07, 6.45) is -0.529. The molecule has 136 valence electrons. The lowest BCUT2D eigenvalue weighted by molar-refractivity contribution is -0.141. The van der Waals surface area contributed by atoms with E-state index in [-0.39, 0.29) is 25.5 Å². The molecule has 0 unspecified atom stereocenters. The van der Waals surface area contributed by atoms with Crippen LogP contribution in [0.25, 0.3) is 16.0 Å². The molecule has 27 heavy (non-hydrogen) atoms. The molecular formula is C21H18N2O4. The number of fused-ring (bicyclic) bond motifs is 3. The molecule has 1 N–H and O–H groups in total. The van der Waals surface area contributed by atoms with Gasteiger partial charge in [0.1, 0.15) is 19.2 Å². The maximum absolute atomic E-state index is 12.5. The molecule has 0 aromatic heterocycles. The standard InChI is InChI=1S/C21H18N2O4/c1-22-13-10-19(20(24)25)23(11-13)21(26)27-12-18-16-8-4-2-6-14(16)15-7-3-5-9-17(15)18/h2-9,13,18-19H,10-12H2,(H,24,25)/t13-,19+/m1/s1. The third-order valence-electron chi connectivity index (χ3n) is 5.32. The van der Waals surface area contributed by atoms with Gasteiger partial charge in [0.15, 0.2) is 0 Å². The van der Waals surface area contributed by atoms with Crippen LogP contribution in [0.3, 0.4) is 0 Å². The molecule has 6 nitrogen and oxygen atoms in total.